The lowest BCUT2D eigenvalue weighted by Crippen LogP contribution is -2.19. The Balaban J connectivity index is 1.61. The lowest BCUT2D eigenvalue weighted by atomic mass is 9.88. The van der Waals surface area contributed by atoms with Gasteiger partial charge in [-0.3, -0.25) is 0 Å². The minimum absolute atomic E-state index is 0.269. The monoisotopic (exact) mass is 306 g/mol. The van der Waals surface area contributed by atoms with Crippen LogP contribution in [0.5, 0.6) is 0 Å². The van der Waals surface area contributed by atoms with Crippen LogP contribution in [0.3, 0.4) is 0 Å². The zero-order chi connectivity index (χ0) is 15.6. The summed E-state index contributed by atoms with van der Waals surface area (Å²) in [7, 11) is 0. The average molecular weight is 306 g/mol. The van der Waals surface area contributed by atoms with E-state index in [1.54, 1.807) is 6.20 Å². The van der Waals surface area contributed by atoms with Crippen molar-refractivity contribution in [3.8, 4) is 11.3 Å². The van der Waals surface area contributed by atoms with Gasteiger partial charge in [-0.15, -0.1) is 0 Å². The predicted molar refractivity (Wildman–Crippen MR) is 89.7 cm³/mol. The van der Waals surface area contributed by atoms with Gasteiger partial charge in [-0.25, -0.2) is 4.98 Å². The molecule has 1 atom stereocenters. The standard InChI is InChI=1S/C19H18N2O2/c22-15-10-9-13-7-4-8-17(16(13)11-15)21-19-20-12-18(23-19)14-5-2-1-3-6-14/h1-8,12,15,22H,9-11H2,(H,20,21). The molecule has 2 N–H and O–H groups in total. The van der Waals surface area contributed by atoms with Gasteiger partial charge in [-0.1, -0.05) is 42.5 Å². The van der Waals surface area contributed by atoms with Gasteiger partial charge >= 0.3 is 0 Å². The molecule has 1 aliphatic rings. The van der Waals surface area contributed by atoms with Crippen LogP contribution in [0.1, 0.15) is 17.5 Å². The van der Waals surface area contributed by atoms with Gasteiger partial charge in [0.25, 0.3) is 6.01 Å². The van der Waals surface area contributed by atoms with Crippen molar-refractivity contribution in [2.24, 2.45) is 0 Å². The van der Waals surface area contributed by atoms with E-state index in [1.807, 2.05) is 42.5 Å². The second-order valence-electron chi connectivity index (χ2n) is 5.86. The number of aryl methyl sites for hydroxylation is 1. The van der Waals surface area contributed by atoms with E-state index < -0.39 is 0 Å². The van der Waals surface area contributed by atoms with Crippen LogP contribution < -0.4 is 5.32 Å². The van der Waals surface area contributed by atoms with Gasteiger partial charge in [0.15, 0.2) is 5.76 Å². The Bertz CT molecular complexity index is 811. The molecule has 0 fully saturated rings. The van der Waals surface area contributed by atoms with Crippen LogP contribution in [0.2, 0.25) is 0 Å². The van der Waals surface area contributed by atoms with Crippen LogP contribution >= 0.6 is 0 Å². The van der Waals surface area contributed by atoms with Crippen molar-refractivity contribution < 1.29 is 9.52 Å². The highest BCUT2D eigenvalue weighted by Crippen LogP contribution is 2.31. The molecular formula is C19H18N2O2. The maximum Gasteiger partial charge on any atom is 0.299 e. The number of aliphatic hydroxyl groups excluding tert-OH is 1. The van der Waals surface area contributed by atoms with Gasteiger partial charge in [0.2, 0.25) is 0 Å². The van der Waals surface area contributed by atoms with E-state index in [0.717, 1.165) is 35.4 Å². The first-order chi connectivity index (χ1) is 11.3. The first-order valence-electron chi connectivity index (χ1n) is 7.87. The third-order valence-corrected chi connectivity index (χ3v) is 4.27. The number of rotatable bonds is 3. The molecule has 4 nitrogen and oxygen atoms in total. The van der Waals surface area contributed by atoms with Gasteiger partial charge in [0.05, 0.1) is 12.3 Å². The molecular weight excluding hydrogens is 288 g/mol. The predicted octanol–water partition coefficient (Wildman–Crippen LogP) is 3.93. The number of hydrogen-bond acceptors (Lipinski definition) is 4. The molecule has 0 saturated carbocycles. The summed E-state index contributed by atoms with van der Waals surface area (Å²) in [6.07, 6.45) is 3.86. The molecule has 116 valence electrons. The molecule has 0 bridgehead atoms. The molecule has 0 amide bonds. The summed E-state index contributed by atoms with van der Waals surface area (Å²) in [6, 6.07) is 16.5. The number of oxazole rings is 1. The summed E-state index contributed by atoms with van der Waals surface area (Å²) in [6.45, 7) is 0. The summed E-state index contributed by atoms with van der Waals surface area (Å²) in [5.41, 5.74) is 4.40. The normalized spacial score (nSPS) is 16.8. The quantitative estimate of drug-likeness (QED) is 0.769. The molecule has 1 heterocycles. The Morgan fingerprint density at radius 1 is 1.09 bits per heavy atom. The first kappa shape index (κ1) is 14.0. The third-order valence-electron chi connectivity index (χ3n) is 4.27. The molecule has 1 aliphatic carbocycles. The van der Waals surface area contributed by atoms with E-state index in [-0.39, 0.29) is 6.10 Å². The van der Waals surface area contributed by atoms with E-state index in [4.69, 9.17) is 4.42 Å². The molecule has 0 aliphatic heterocycles. The van der Waals surface area contributed by atoms with Crippen molar-refractivity contribution in [3.63, 3.8) is 0 Å². The van der Waals surface area contributed by atoms with Crippen molar-refractivity contribution in [1.29, 1.82) is 0 Å². The minimum atomic E-state index is -0.269. The Kier molecular flexibility index (Phi) is 3.60. The van der Waals surface area contributed by atoms with Gasteiger partial charge in [-0.2, -0.15) is 0 Å². The number of nitrogens with zero attached hydrogens (tertiary/aromatic N) is 1. The van der Waals surface area contributed by atoms with Crippen LogP contribution in [0.4, 0.5) is 11.7 Å². The van der Waals surface area contributed by atoms with E-state index in [0.29, 0.717) is 12.4 Å². The van der Waals surface area contributed by atoms with E-state index in [2.05, 4.69) is 16.4 Å². The number of aromatic nitrogens is 1. The second-order valence-corrected chi connectivity index (χ2v) is 5.86. The number of anilines is 2. The number of nitrogens with one attached hydrogen (secondary N) is 1. The zero-order valence-corrected chi connectivity index (χ0v) is 12.7. The third kappa shape index (κ3) is 2.85. The largest absolute Gasteiger partial charge is 0.423 e. The molecule has 4 heteroatoms. The van der Waals surface area contributed by atoms with E-state index in [9.17, 15) is 5.11 Å². The summed E-state index contributed by atoms with van der Waals surface area (Å²) in [5, 5.41) is 13.2. The Hall–Kier alpha value is -2.59. The van der Waals surface area contributed by atoms with Gasteiger partial charge < -0.3 is 14.8 Å². The topological polar surface area (TPSA) is 58.3 Å². The SMILES string of the molecule is OC1CCc2cccc(Nc3ncc(-c4ccccc4)o3)c2C1. The summed E-state index contributed by atoms with van der Waals surface area (Å²) in [5.74, 6) is 0.734. The summed E-state index contributed by atoms with van der Waals surface area (Å²) in [4.78, 5) is 4.32. The van der Waals surface area contributed by atoms with Gasteiger partial charge in [-0.05, 0) is 30.0 Å². The fraction of sp³-hybridized carbons (Fsp3) is 0.211. The number of fused-ring (bicyclic) bond motifs is 1. The first-order valence-corrected chi connectivity index (χ1v) is 7.87. The zero-order valence-electron chi connectivity index (χ0n) is 12.7. The van der Waals surface area contributed by atoms with Crippen molar-refractivity contribution in [3.05, 3.63) is 65.9 Å². The molecule has 23 heavy (non-hydrogen) atoms. The molecule has 0 saturated heterocycles. The smallest absolute Gasteiger partial charge is 0.299 e. The van der Waals surface area contributed by atoms with Crippen molar-refractivity contribution in [2.75, 3.05) is 5.32 Å². The molecule has 0 spiro atoms. The number of benzene rings is 2. The fourth-order valence-electron chi connectivity index (χ4n) is 3.07. The van der Waals surface area contributed by atoms with Gasteiger partial charge in [0, 0.05) is 17.7 Å². The lowest BCUT2D eigenvalue weighted by Gasteiger charge is -2.23. The van der Waals surface area contributed by atoms with Crippen molar-refractivity contribution in [2.45, 2.75) is 25.4 Å². The van der Waals surface area contributed by atoms with Crippen LogP contribution in [0.25, 0.3) is 11.3 Å². The molecule has 1 unspecified atom stereocenters. The molecule has 4 rings (SSSR count). The maximum absolute atomic E-state index is 9.93. The molecule has 1 aromatic heterocycles. The maximum atomic E-state index is 9.93. The van der Waals surface area contributed by atoms with Crippen molar-refractivity contribution in [1.82, 2.24) is 4.98 Å². The summed E-state index contributed by atoms with van der Waals surface area (Å²) < 4.78 is 5.81. The van der Waals surface area contributed by atoms with E-state index in [1.165, 1.54) is 5.56 Å². The molecule has 0 radical (unpaired) electrons. The van der Waals surface area contributed by atoms with Crippen LogP contribution in [-0.4, -0.2) is 16.2 Å². The molecule has 2 aromatic carbocycles. The fourth-order valence-corrected chi connectivity index (χ4v) is 3.07. The second kappa shape index (κ2) is 5.89. The Morgan fingerprint density at radius 3 is 2.83 bits per heavy atom. The lowest BCUT2D eigenvalue weighted by molar-refractivity contribution is 0.159. The highest BCUT2D eigenvalue weighted by molar-refractivity contribution is 5.63. The average Bonchev–Trinajstić information content (AvgIpc) is 3.05. The Morgan fingerprint density at radius 2 is 1.96 bits per heavy atom. The van der Waals surface area contributed by atoms with Crippen LogP contribution in [0, 0.1) is 0 Å². The highest BCUT2D eigenvalue weighted by Gasteiger charge is 2.19. The summed E-state index contributed by atoms with van der Waals surface area (Å²) >= 11 is 0. The van der Waals surface area contributed by atoms with E-state index >= 15 is 0 Å². The number of aliphatic hydroxyl groups is 1. The van der Waals surface area contributed by atoms with Crippen LogP contribution in [0.15, 0.2) is 59.1 Å². The van der Waals surface area contributed by atoms with Crippen molar-refractivity contribution >= 4 is 11.7 Å². The Labute approximate surface area is 134 Å². The highest BCUT2D eigenvalue weighted by atomic mass is 16.4. The van der Waals surface area contributed by atoms with Gasteiger partial charge in [0.1, 0.15) is 0 Å². The molecule has 3 aromatic rings. The van der Waals surface area contributed by atoms with Crippen LogP contribution in [-0.2, 0) is 12.8 Å². The minimum Gasteiger partial charge on any atom is -0.423 e. The number of hydrogen-bond donors (Lipinski definition) is 2.